The molecule has 6 nitrogen and oxygen atoms in total. The molecule has 1 saturated heterocycles. The third kappa shape index (κ3) is 4.59. The van der Waals surface area contributed by atoms with E-state index in [-0.39, 0.29) is 11.9 Å². The number of likely N-dealkylation sites (N-methyl/N-ethyl adjacent to an activating group) is 1. The molecule has 1 aliphatic heterocycles. The highest BCUT2D eigenvalue weighted by molar-refractivity contribution is 5.75. The molecule has 120 valence electrons. The lowest BCUT2D eigenvalue weighted by Gasteiger charge is -2.30. The van der Waals surface area contributed by atoms with E-state index < -0.39 is 5.97 Å². The largest absolute Gasteiger partial charge is 0.481 e. The first kappa shape index (κ1) is 16.1. The van der Waals surface area contributed by atoms with E-state index in [9.17, 15) is 9.59 Å². The molecule has 0 bridgehead atoms. The number of amides is 2. The SMILES string of the molecule is CN(CCNC(=O)N1CCC(C(=O)O)CC1)C1CCCC1. The molecule has 6 heteroatoms. The van der Waals surface area contributed by atoms with Crippen molar-refractivity contribution in [2.24, 2.45) is 5.92 Å². The minimum atomic E-state index is -0.742. The molecule has 0 unspecified atom stereocenters. The van der Waals surface area contributed by atoms with E-state index in [4.69, 9.17) is 5.11 Å². The van der Waals surface area contributed by atoms with Crippen LogP contribution >= 0.6 is 0 Å². The maximum Gasteiger partial charge on any atom is 0.317 e. The molecule has 0 radical (unpaired) electrons. The zero-order chi connectivity index (χ0) is 15.2. The predicted octanol–water partition coefficient (Wildman–Crippen LogP) is 1.37. The number of carboxylic acid groups (broad SMARTS) is 1. The van der Waals surface area contributed by atoms with E-state index in [1.165, 1.54) is 25.7 Å². The highest BCUT2D eigenvalue weighted by Gasteiger charge is 2.27. The number of aliphatic carboxylic acids is 1. The number of likely N-dealkylation sites (tertiary alicyclic amines) is 1. The molecule has 1 saturated carbocycles. The van der Waals surface area contributed by atoms with Crippen molar-refractivity contribution in [3.05, 3.63) is 0 Å². The van der Waals surface area contributed by atoms with Crippen LogP contribution in [-0.2, 0) is 4.79 Å². The van der Waals surface area contributed by atoms with Gasteiger partial charge in [0.25, 0.3) is 0 Å². The van der Waals surface area contributed by atoms with Crippen LogP contribution < -0.4 is 5.32 Å². The van der Waals surface area contributed by atoms with Gasteiger partial charge in [0, 0.05) is 32.2 Å². The Morgan fingerprint density at radius 1 is 1.19 bits per heavy atom. The highest BCUT2D eigenvalue weighted by atomic mass is 16.4. The van der Waals surface area contributed by atoms with Gasteiger partial charge in [0.2, 0.25) is 0 Å². The summed E-state index contributed by atoms with van der Waals surface area (Å²) in [6, 6.07) is 0.617. The number of nitrogens with zero attached hydrogens (tertiary/aromatic N) is 2. The van der Waals surface area contributed by atoms with Crippen LogP contribution in [0.1, 0.15) is 38.5 Å². The summed E-state index contributed by atoms with van der Waals surface area (Å²) in [5, 5.41) is 11.9. The maximum absolute atomic E-state index is 12.0. The predicted molar refractivity (Wildman–Crippen MR) is 80.2 cm³/mol. The number of hydrogen-bond acceptors (Lipinski definition) is 3. The van der Waals surface area contributed by atoms with E-state index in [1.807, 2.05) is 0 Å². The van der Waals surface area contributed by atoms with Crippen LogP contribution in [0.4, 0.5) is 4.79 Å². The van der Waals surface area contributed by atoms with Gasteiger partial charge in [-0.25, -0.2) is 4.79 Å². The summed E-state index contributed by atoms with van der Waals surface area (Å²) in [4.78, 5) is 27.0. The zero-order valence-electron chi connectivity index (χ0n) is 12.9. The number of nitrogens with one attached hydrogen (secondary N) is 1. The third-order valence-electron chi connectivity index (χ3n) is 4.82. The van der Waals surface area contributed by atoms with Crippen molar-refractivity contribution in [1.29, 1.82) is 0 Å². The van der Waals surface area contributed by atoms with Crippen LogP contribution in [0.2, 0.25) is 0 Å². The summed E-state index contributed by atoms with van der Waals surface area (Å²) >= 11 is 0. The van der Waals surface area contributed by atoms with Crippen molar-refractivity contribution >= 4 is 12.0 Å². The first-order chi connectivity index (χ1) is 10.1. The van der Waals surface area contributed by atoms with Crippen LogP contribution in [0.15, 0.2) is 0 Å². The number of carboxylic acids is 1. The van der Waals surface area contributed by atoms with Crippen LogP contribution in [0.5, 0.6) is 0 Å². The molecule has 2 rings (SSSR count). The van der Waals surface area contributed by atoms with Gasteiger partial charge in [-0.3, -0.25) is 4.79 Å². The van der Waals surface area contributed by atoms with Gasteiger partial charge in [0.15, 0.2) is 0 Å². The Labute approximate surface area is 126 Å². The molecular formula is C15H27N3O3. The van der Waals surface area contributed by atoms with Gasteiger partial charge >= 0.3 is 12.0 Å². The number of carbonyl (C=O) groups excluding carboxylic acids is 1. The van der Waals surface area contributed by atoms with Crippen molar-refractivity contribution in [2.45, 2.75) is 44.6 Å². The van der Waals surface area contributed by atoms with Crippen LogP contribution in [0, 0.1) is 5.92 Å². The summed E-state index contributed by atoms with van der Waals surface area (Å²) in [7, 11) is 2.13. The number of rotatable bonds is 5. The Balaban J connectivity index is 1.62. The lowest BCUT2D eigenvalue weighted by Crippen LogP contribution is -2.47. The van der Waals surface area contributed by atoms with Gasteiger partial charge in [-0.2, -0.15) is 0 Å². The third-order valence-corrected chi connectivity index (χ3v) is 4.82. The molecule has 0 atom stereocenters. The molecule has 2 amide bonds. The fraction of sp³-hybridized carbons (Fsp3) is 0.867. The minimum Gasteiger partial charge on any atom is -0.481 e. The minimum absolute atomic E-state index is 0.0568. The summed E-state index contributed by atoms with van der Waals surface area (Å²) in [5.74, 6) is -1.03. The summed E-state index contributed by atoms with van der Waals surface area (Å²) in [5.41, 5.74) is 0. The van der Waals surface area contributed by atoms with E-state index in [0.717, 1.165) is 6.54 Å². The van der Waals surface area contributed by atoms with Crippen LogP contribution in [0.3, 0.4) is 0 Å². The van der Waals surface area contributed by atoms with E-state index in [0.29, 0.717) is 38.5 Å². The second kappa shape index (κ2) is 7.64. The molecule has 2 fully saturated rings. The lowest BCUT2D eigenvalue weighted by atomic mass is 9.97. The number of hydrogen-bond donors (Lipinski definition) is 2. The van der Waals surface area contributed by atoms with Gasteiger partial charge in [0.05, 0.1) is 5.92 Å². The summed E-state index contributed by atoms with van der Waals surface area (Å²) < 4.78 is 0. The van der Waals surface area contributed by atoms with Crippen molar-refractivity contribution in [2.75, 3.05) is 33.2 Å². The summed E-state index contributed by atoms with van der Waals surface area (Å²) in [6.45, 7) is 2.62. The molecule has 0 aromatic rings. The van der Waals surface area contributed by atoms with Gasteiger partial charge < -0.3 is 20.2 Å². The molecule has 0 aromatic carbocycles. The van der Waals surface area contributed by atoms with Crippen molar-refractivity contribution in [1.82, 2.24) is 15.1 Å². The van der Waals surface area contributed by atoms with E-state index >= 15 is 0 Å². The molecule has 21 heavy (non-hydrogen) atoms. The molecule has 2 aliphatic rings. The Kier molecular flexibility index (Phi) is 5.85. The van der Waals surface area contributed by atoms with Crippen LogP contribution in [0.25, 0.3) is 0 Å². The summed E-state index contributed by atoms with van der Waals surface area (Å²) in [6.07, 6.45) is 6.30. The molecular weight excluding hydrogens is 270 g/mol. The average Bonchev–Trinajstić information content (AvgIpc) is 3.01. The second-order valence-corrected chi connectivity index (χ2v) is 6.25. The first-order valence-electron chi connectivity index (χ1n) is 8.03. The smallest absolute Gasteiger partial charge is 0.317 e. The van der Waals surface area contributed by atoms with Crippen molar-refractivity contribution < 1.29 is 14.7 Å². The monoisotopic (exact) mass is 297 g/mol. The van der Waals surface area contributed by atoms with E-state index in [1.54, 1.807) is 4.90 Å². The molecule has 0 aromatic heterocycles. The normalized spacial score (nSPS) is 21.0. The topological polar surface area (TPSA) is 72.9 Å². The Morgan fingerprint density at radius 3 is 2.38 bits per heavy atom. The van der Waals surface area contributed by atoms with E-state index in [2.05, 4.69) is 17.3 Å². The molecule has 1 heterocycles. The maximum atomic E-state index is 12.0. The van der Waals surface area contributed by atoms with Crippen LogP contribution in [-0.4, -0.2) is 66.2 Å². The fourth-order valence-electron chi connectivity index (χ4n) is 3.31. The Morgan fingerprint density at radius 2 is 1.81 bits per heavy atom. The standard InChI is InChI=1S/C15H27N3O3/c1-17(13-4-2-3-5-13)11-8-16-15(21)18-9-6-12(7-10-18)14(19)20/h12-13H,2-11H2,1H3,(H,16,21)(H,19,20). The second-order valence-electron chi connectivity index (χ2n) is 6.25. The zero-order valence-corrected chi connectivity index (χ0v) is 12.9. The highest BCUT2D eigenvalue weighted by Crippen LogP contribution is 2.22. The first-order valence-corrected chi connectivity index (χ1v) is 8.03. The van der Waals surface area contributed by atoms with Gasteiger partial charge in [0.1, 0.15) is 0 Å². The lowest BCUT2D eigenvalue weighted by molar-refractivity contribution is -0.143. The van der Waals surface area contributed by atoms with Crippen molar-refractivity contribution in [3.63, 3.8) is 0 Å². The molecule has 0 spiro atoms. The molecule has 1 aliphatic carbocycles. The Hall–Kier alpha value is -1.30. The Bertz CT molecular complexity index is 361. The van der Waals surface area contributed by atoms with Crippen molar-refractivity contribution in [3.8, 4) is 0 Å². The molecule has 2 N–H and O–H groups in total. The van der Waals surface area contributed by atoms with Gasteiger partial charge in [-0.1, -0.05) is 12.8 Å². The fourth-order valence-corrected chi connectivity index (χ4v) is 3.31. The average molecular weight is 297 g/mol. The number of urea groups is 1. The van der Waals surface area contributed by atoms with Gasteiger partial charge in [-0.05, 0) is 32.7 Å². The quantitative estimate of drug-likeness (QED) is 0.804. The number of piperidine rings is 1. The van der Waals surface area contributed by atoms with Gasteiger partial charge in [-0.15, -0.1) is 0 Å². The number of carbonyl (C=O) groups is 2.